The average Bonchev–Trinajstić information content (AvgIpc) is 2.40. The summed E-state index contributed by atoms with van der Waals surface area (Å²) in [6.07, 6.45) is 1.88. The van der Waals surface area contributed by atoms with Crippen LogP contribution >= 0.6 is 39.5 Å². The average molecular weight is 355 g/mol. The molecule has 1 N–H and O–H groups in total. The number of benzene rings is 2. The first-order chi connectivity index (χ1) is 9.11. The highest BCUT2D eigenvalue weighted by Gasteiger charge is 2.15. The van der Waals surface area contributed by atoms with Crippen LogP contribution in [-0.2, 0) is 0 Å². The van der Waals surface area contributed by atoms with Crippen LogP contribution in [0.5, 0.6) is 0 Å². The Morgan fingerprint density at radius 1 is 1.11 bits per heavy atom. The van der Waals surface area contributed by atoms with Gasteiger partial charge in [0.25, 0.3) is 0 Å². The van der Waals surface area contributed by atoms with Crippen molar-refractivity contribution in [2.45, 2.75) is 14.7 Å². The first kappa shape index (κ1) is 14.5. The summed E-state index contributed by atoms with van der Waals surface area (Å²) >= 11 is 6.30. The largest absolute Gasteiger partial charge is 0.478 e. The summed E-state index contributed by atoms with van der Waals surface area (Å²) in [6.45, 7) is 0. The highest BCUT2D eigenvalue weighted by molar-refractivity contribution is 9.10. The van der Waals surface area contributed by atoms with E-state index in [1.54, 1.807) is 0 Å². The van der Waals surface area contributed by atoms with Gasteiger partial charge in [0.2, 0.25) is 0 Å². The minimum absolute atomic E-state index is 0.378. The topological polar surface area (TPSA) is 37.3 Å². The number of hydrogen-bond acceptors (Lipinski definition) is 3. The smallest absolute Gasteiger partial charge is 0.337 e. The molecule has 0 aliphatic rings. The van der Waals surface area contributed by atoms with Crippen LogP contribution in [0.15, 0.2) is 61.6 Å². The fourth-order valence-electron chi connectivity index (χ4n) is 1.61. The van der Waals surface area contributed by atoms with E-state index in [1.165, 1.54) is 23.5 Å². The molecule has 0 atom stereocenters. The van der Waals surface area contributed by atoms with Crippen molar-refractivity contribution >= 4 is 45.4 Å². The van der Waals surface area contributed by atoms with E-state index in [0.29, 0.717) is 5.56 Å². The van der Waals surface area contributed by atoms with Crippen LogP contribution in [0.3, 0.4) is 0 Å². The van der Waals surface area contributed by atoms with Gasteiger partial charge in [-0.15, -0.1) is 11.8 Å². The van der Waals surface area contributed by atoms with Crippen molar-refractivity contribution in [3.63, 3.8) is 0 Å². The van der Waals surface area contributed by atoms with Gasteiger partial charge in [-0.2, -0.15) is 0 Å². The van der Waals surface area contributed by atoms with Gasteiger partial charge in [-0.3, -0.25) is 0 Å². The number of aromatic carboxylic acids is 1. The fraction of sp³-hybridized carbons (Fsp3) is 0.0714. The maximum atomic E-state index is 11.4. The molecule has 0 aliphatic carbocycles. The molecule has 0 aliphatic heterocycles. The number of halogens is 1. The van der Waals surface area contributed by atoms with Gasteiger partial charge in [0.1, 0.15) is 0 Å². The Kier molecular flexibility index (Phi) is 4.96. The first-order valence-corrected chi connectivity index (χ1v) is 8.29. The summed E-state index contributed by atoms with van der Waals surface area (Å²) in [5, 5.41) is 9.37. The third kappa shape index (κ3) is 3.55. The van der Waals surface area contributed by atoms with E-state index in [0.717, 1.165) is 19.2 Å². The SMILES string of the molecule is CSc1cccc(Sc2ccc(Br)cc2)c1C(=O)O. The Morgan fingerprint density at radius 3 is 2.32 bits per heavy atom. The number of rotatable bonds is 4. The molecule has 2 rings (SSSR count). The molecule has 5 heteroatoms. The van der Waals surface area contributed by atoms with Crippen molar-refractivity contribution in [3.05, 3.63) is 52.5 Å². The van der Waals surface area contributed by atoms with E-state index in [1.807, 2.05) is 48.7 Å². The number of carboxylic acids is 1. The Labute approximate surface area is 128 Å². The summed E-state index contributed by atoms with van der Waals surface area (Å²) in [5.41, 5.74) is 0.378. The zero-order chi connectivity index (χ0) is 13.8. The molecule has 2 aromatic carbocycles. The maximum absolute atomic E-state index is 11.4. The van der Waals surface area contributed by atoms with Crippen molar-refractivity contribution in [2.24, 2.45) is 0 Å². The van der Waals surface area contributed by atoms with Crippen molar-refractivity contribution < 1.29 is 9.90 Å². The molecule has 0 amide bonds. The van der Waals surface area contributed by atoms with Crippen LogP contribution in [0.2, 0.25) is 0 Å². The van der Waals surface area contributed by atoms with Gasteiger partial charge in [-0.25, -0.2) is 4.79 Å². The summed E-state index contributed by atoms with van der Waals surface area (Å²) in [5.74, 6) is -0.885. The van der Waals surface area contributed by atoms with E-state index in [2.05, 4.69) is 15.9 Å². The molecule has 0 aromatic heterocycles. The predicted octanol–water partition coefficient (Wildman–Crippen LogP) is 5.02. The van der Waals surface area contributed by atoms with E-state index >= 15 is 0 Å². The van der Waals surface area contributed by atoms with Gasteiger partial charge in [-0.1, -0.05) is 33.8 Å². The van der Waals surface area contributed by atoms with Gasteiger partial charge in [0.05, 0.1) is 5.56 Å². The number of carboxylic acid groups (broad SMARTS) is 1. The lowest BCUT2D eigenvalue weighted by Gasteiger charge is -2.09. The minimum Gasteiger partial charge on any atom is -0.478 e. The van der Waals surface area contributed by atoms with Crippen LogP contribution in [0.1, 0.15) is 10.4 Å². The molecule has 0 bridgehead atoms. The van der Waals surface area contributed by atoms with E-state index in [-0.39, 0.29) is 0 Å². The quantitative estimate of drug-likeness (QED) is 0.782. The van der Waals surface area contributed by atoms with E-state index in [4.69, 9.17) is 0 Å². The third-order valence-corrected chi connectivity index (χ3v) is 4.84. The van der Waals surface area contributed by atoms with Crippen molar-refractivity contribution in [2.75, 3.05) is 6.26 Å². The molecule has 2 aromatic rings. The molecule has 98 valence electrons. The predicted molar refractivity (Wildman–Crippen MR) is 83.4 cm³/mol. The fourth-order valence-corrected chi connectivity index (χ4v) is 3.52. The Balaban J connectivity index is 2.39. The lowest BCUT2D eigenvalue weighted by molar-refractivity contribution is 0.0689. The summed E-state index contributed by atoms with van der Waals surface area (Å²) < 4.78 is 1.01. The highest BCUT2D eigenvalue weighted by Crippen LogP contribution is 2.35. The van der Waals surface area contributed by atoms with Gasteiger partial charge < -0.3 is 5.11 Å². The molecule has 0 saturated heterocycles. The van der Waals surface area contributed by atoms with Gasteiger partial charge >= 0.3 is 5.97 Å². The lowest BCUT2D eigenvalue weighted by atomic mass is 10.2. The van der Waals surface area contributed by atoms with Crippen LogP contribution in [0.25, 0.3) is 0 Å². The second-order valence-corrected chi connectivity index (χ2v) is 6.57. The van der Waals surface area contributed by atoms with Crippen molar-refractivity contribution in [1.82, 2.24) is 0 Å². The second kappa shape index (κ2) is 6.50. The monoisotopic (exact) mass is 354 g/mol. The molecule has 2 nitrogen and oxygen atoms in total. The van der Waals surface area contributed by atoms with E-state index < -0.39 is 5.97 Å². The normalized spacial score (nSPS) is 10.4. The Morgan fingerprint density at radius 2 is 1.74 bits per heavy atom. The number of carbonyl (C=O) groups is 1. The Bertz CT molecular complexity index is 597. The molecule has 0 fully saturated rings. The summed E-state index contributed by atoms with van der Waals surface area (Å²) in [7, 11) is 0. The lowest BCUT2D eigenvalue weighted by Crippen LogP contribution is -2.01. The molecule has 0 spiro atoms. The molecule has 0 heterocycles. The van der Waals surface area contributed by atoms with Gasteiger partial charge in [0.15, 0.2) is 0 Å². The molecule has 19 heavy (non-hydrogen) atoms. The molecule has 0 unspecified atom stereocenters. The van der Waals surface area contributed by atoms with Gasteiger partial charge in [-0.05, 0) is 42.7 Å². The maximum Gasteiger partial charge on any atom is 0.337 e. The molecular weight excluding hydrogens is 344 g/mol. The van der Waals surface area contributed by atoms with Crippen molar-refractivity contribution in [3.8, 4) is 0 Å². The van der Waals surface area contributed by atoms with Crippen LogP contribution in [0.4, 0.5) is 0 Å². The van der Waals surface area contributed by atoms with Crippen LogP contribution in [0, 0.1) is 0 Å². The number of thioether (sulfide) groups is 1. The van der Waals surface area contributed by atoms with Crippen molar-refractivity contribution in [1.29, 1.82) is 0 Å². The molecule has 0 saturated carbocycles. The highest BCUT2D eigenvalue weighted by atomic mass is 79.9. The first-order valence-electron chi connectivity index (χ1n) is 5.45. The zero-order valence-corrected chi connectivity index (χ0v) is 13.3. The van der Waals surface area contributed by atoms with Crippen LogP contribution < -0.4 is 0 Å². The van der Waals surface area contributed by atoms with Crippen LogP contribution in [-0.4, -0.2) is 17.3 Å². The van der Waals surface area contributed by atoms with E-state index in [9.17, 15) is 9.90 Å². The Hall–Kier alpha value is -0.910. The minimum atomic E-state index is -0.885. The second-order valence-electron chi connectivity index (χ2n) is 3.69. The molecular formula is C14H11BrO2S2. The summed E-state index contributed by atoms with van der Waals surface area (Å²) in [6, 6.07) is 13.4. The van der Waals surface area contributed by atoms with Gasteiger partial charge in [0, 0.05) is 19.2 Å². The summed E-state index contributed by atoms with van der Waals surface area (Å²) in [4.78, 5) is 14.0. The molecule has 0 radical (unpaired) electrons. The standard InChI is InChI=1S/C14H11BrO2S2/c1-18-11-3-2-4-12(13(11)14(16)17)19-10-7-5-9(15)6-8-10/h2-8H,1H3,(H,16,17). The third-order valence-electron chi connectivity index (χ3n) is 2.46. The number of hydrogen-bond donors (Lipinski definition) is 1. The zero-order valence-electron chi connectivity index (χ0n) is 10.1.